The quantitative estimate of drug-likeness (QED) is 0.723. The lowest BCUT2D eigenvalue weighted by atomic mass is 9.98. The van der Waals surface area contributed by atoms with Crippen molar-refractivity contribution in [2.24, 2.45) is 0 Å². The van der Waals surface area contributed by atoms with Crippen LogP contribution >= 0.6 is 11.6 Å². The molecule has 2 aliphatic rings. The summed E-state index contributed by atoms with van der Waals surface area (Å²) < 4.78 is 1.56. The number of carbonyl (C=O) groups excluding carboxylic acids is 1. The maximum atomic E-state index is 12.3. The van der Waals surface area contributed by atoms with Gasteiger partial charge >= 0.3 is 0 Å². The molecule has 2 N–H and O–H groups in total. The minimum absolute atomic E-state index is 0.130. The van der Waals surface area contributed by atoms with Crippen LogP contribution in [0.25, 0.3) is 0 Å². The van der Waals surface area contributed by atoms with E-state index in [0.29, 0.717) is 29.1 Å². The first-order chi connectivity index (χ1) is 8.55. The predicted molar refractivity (Wildman–Crippen MR) is 68.0 cm³/mol. The minimum Gasteiger partial charge on any atom is -0.327 e. The summed E-state index contributed by atoms with van der Waals surface area (Å²) in [5, 5.41) is 6.52. The fraction of sp³-hybridized carbons (Fsp3) is 0.500. The van der Waals surface area contributed by atoms with E-state index < -0.39 is 5.66 Å². The summed E-state index contributed by atoms with van der Waals surface area (Å²) in [5.41, 5.74) is 0.145. The molecule has 96 valence electrons. The van der Waals surface area contributed by atoms with Crippen molar-refractivity contribution in [2.75, 3.05) is 13.1 Å². The highest BCUT2D eigenvalue weighted by molar-refractivity contribution is 6.33. The van der Waals surface area contributed by atoms with E-state index in [-0.39, 0.29) is 11.5 Å². The molecule has 1 amide bonds. The van der Waals surface area contributed by atoms with Crippen molar-refractivity contribution < 1.29 is 4.79 Å². The van der Waals surface area contributed by atoms with Gasteiger partial charge in [-0.05, 0) is 26.1 Å². The maximum absolute atomic E-state index is 12.3. The third kappa shape index (κ3) is 1.44. The van der Waals surface area contributed by atoms with Gasteiger partial charge in [-0.15, -0.1) is 0 Å². The number of amides is 1. The third-order valence-electron chi connectivity index (χ3n) is 3.75. The Balaban J connectivity index is 2.29. The first kappa shape index (κ1) is 11.7. The highest BCUT2D eigenvalue weighted by Gasteiger charge is 2.45. The number of halogens is 1. The molecule has 1 fully saturated rings. The van der Waals surface area contributed by atoms with Crippen molar-refractivity contribution in [3.8, 4) is 0 Å². The molecule has 1 saturated heterocycles. The fourth-order valence-electron chi connectivity index (χ4n) is 2.84. The molecule has 1 aromatic rings. The number of aromatic nitrogens is 1. The van der Waals surface area contributed by atoms with Gasteiger partial charge in [0.25, 0.3) is 11.5 Å². The summed E-state index contributed by atoms with van der Waals surface area (Å²) in [6.07, 6.45) is 1.40. The van der Waals surface area contributed by atoms with Gasteiger partial charge in [0, 0.05) is 18.4 Å². The number of nitrogens with one attached hydrogen (secondary N) is 2. The number of hydrogen-bond donors (Lipinski definition) is 2. The molecule has 3 rings (SSSR count). The molecule has 0 radical (unpaired) electrons. The van der Waals surface area contributed by atoms with Gasteiger partial charge in [0.2, 0.25) is 0 Å². The molecule has 0 atom stereocenters. The largest absolute Gasteiger partial charge is 0.327 e. The van der Waals surface area contributed by atoms with E-state index in [4.69, 9.17) is 11.6 Å². The normalized spacial score (nSPS) is 20.9. The van der Waals surface area contributed by atoms with Gasteiger partial charge in [-0.25, -0.2) is 0 Å². The van der Waals surface area contributed by atoms with Crippen molar-refractivity contribution >= 4 is 17.5 Å². The Bertz CT molecular complexity index is 588. The van der Waals surface area contributed by atoms with E-state index in [0.717, 1.165) is 13.1 Å². The zero-order valence-electron chi connectivity index (χ0n) is 10.0. The smallest absolute Gasteiger partial charge is 0.271 e. The molecule has 0 saturated carbocycles. The van der Waals surface area contributed by atoms with E-state index >= 15 is 0 Å². The lowest BCUT2D eigenvalue weighted by Crippen LogP contribution is -2.53. The number of nitrogens with zero attached hydrogens (tertiary/aromatic N) is 1. The lowest BCUT2D eigenvalue weighted by molar-refractivity contribution is 0.0886. The summed E-state index contributed by atoms with van der Waals surface area (Å²) in [6.45, 7) is 3.27. The monoisotopic (exact) mass is 267 g/mol. The zero-order chi connectivity index (χ0) is 12.9. The summed E-state index contributed by atoms with van der Waals surface area (Å²) in [6, 6.07) is 1.56. The second-order valence-corrected chi connectivity index (χ2v) is 5.31. The van der Waals surface area contributed by atoms with Crippen molar-refractivity contribution in [1.82, 2.24) is 15.2 Å². The number of fused-ring (bicyclic) bond motifs is 2. The van der Waals surface area contributed by atoms with Crippen LogP contribution in [0.1, 0.15) is 28.9 Å². The molecule has 6 heteroatoms. The molecule has 18 heavy (non-hydrogen) atoms. The second-order valence-electron chi connectivity index (χ2n) is 4.90. The van der Waals surface area contributed by atoms with Crippen LogP contribution in [0.4, 0.5) is 0 Å². The van der Waals surface area contributed by atoms with Crippen LogP contribution in [0.3, 0.4) is 0 Å². The number of carbonyl (C=O) groups is 1. The van der Waals surface area contributed by atoms with Gasteiger partial charge in [0.05, 0.1) is 5.02 Å². The number of aryl methyl sites for hydroxylation is 1. The Morgan fingerprint density at radius 1 is 1.33 bits per heavy atom. The van der Waals surface area contributed by atoms with Gasteiger partial charge in [-0.2, -0.15) is 0 Å². The van der Waals surface area contributed by atoms with Gasteiger partial charge in [0.1, 0.15) is 11.4 Å². The van der Waals surface area contributed by atoms with Crippen molar-refractivity contribution in [1.29, 1.82) is 0 Å². The van der Waals surface area contributed by atoms with E-state index in [9.17, 15) is 9.59 Å². The van der Waals surface area contributed by atoms with Crippen molar-refractivity contribution in [3.05, 3.63) is 32.7 Å². The summed E-state index contributed by atoms with van der Waals surface area (Å²) in [5.74, 6) is -0.251. The molecule has 0 unspecified atom stereocenters. The molecule has 0 aromatic carbocycles. The van der Waals surface area contributed by atoms with E-state index in [1.807, 2.05) is 0 Å². The maximum Gasteiger partial charge on any atom is 0.271 e. The fourth-order valence-corrected chi connectivity index (χ4v) is 3.17. The van der Waals surface area contributed by atoms with E-state index in [2.05, 4.69) is 10.6 Å². The standard InChI is InChI=1S/C12H14ClN3O2/c1-7-6-8(13)9-10(17)15-12(16(9)11(7)18)2-4-14-5-3-12/h6,14H,2-5H2,1H3,(H,15,17). The van der Waals surface area contributed by atoms with Gasteiger partial charge in [0.15, 0.2) is 0 Å². The Morgan fingerprint density at radius 2 is 2.00 bits per heavy atom. The Hall–Kier alpha value is -1.33. The molecule has 1 aromatic heterocycles. The highest BCUT2D eigenvalue weighted by Crippen LogP contribution is 2.32. The average Bonchev–Trinajstić information content (AvgIpc) is 2.60. The topological polar surface area (TPSA) is 63.1 Å². The Labute approximate surface area is 109 Å². The molecular weight excluding hydrogens is 254 g/mol. The van der Waals surface area contributed by atoms with Crippen LogP contribution in [0.2, 0.25) is 5.02 Å². The molecule has 0 aliphatic carbocycles. The van der Waals surface area contributed by atoms with Crippen LogP contribution in [0.15, 0.2) is 10.9 Å². The van der Waals surface area contributed by atoms with Gasteiger partial charge < -0.3 is 10.6 Å². The van der Waals surface area contributed by atoms with E-state index in [1.54, 1.807) is 17.6 Å². The molecule has 2 aliphatic heterocycles. The van der Waals surface area contributed by atoms with Crippen LogP contribution < -0.4 is 16.2 Å². The zero-order valence-corrected chi connectivity index (χ0v) is 10.8. The summed E-state index contributed by atoms with van der Waals surface area (Å²) >= 11 is 6.11. The number of piperidine rings is 1. The third-order valence-corrected chi connectivity index (χ3v) is 4.04. The van der Waals surface area contributed by atoms with Crippen LogP contribution in [0.5, 0.6) is 0 Å². The lowest BCUT2D eigenvalue weighted by Gasteiger charge is -2.35. The molecular formula is C12H14ClN3O2. The highest BCUT2D eigenvalue weighted by atomic mass is 35.5. The van der Waals surface area contributed by atoms with Crippen LogP contribution in [0, 0.1) is 6.92 Å². The van der Waals surface area contributed by atoms with Crippen LogP contribution in [-0.2, 0) is 5.66 Å². The Kier molecular flexibility index (Phi) is 2.50. The summed E-state index contributed by atoms with van der Waals surface area (Å²) in [4.78, 5) is 24.4. The van der Waals surface area contributed by atoms with Crippen molar-refractivity contribution in [3.63, 3.8) is 0 Å². The second kappa shape index (κ2) is 3.83. The summed E-state index contributed by atoms with van der Waals surface area (Å²) in [7, 11) is 0. The molecule has 5 nitrogen and oxygen atoms in total. The molecule has 1 spiro atoms. The average molecular weight is 268 g/mol. The number of rotatable bonds is 0. The first-order valence-electron chi connectivity index (χ1n) is 6.01. The molecule has 0 bridgehead atoms. The van der Waals surface area contributed by atoms with Gasteiger partial charge in [-0.1, -0.05) is 11.6 Å². The SMILES string of the molecule is Cc1cc(Cl)c2n(c1=O)C1(CCNCC1)NC2=O. The number of pyridine rings is 1. The predicted octanol–water partition coefficient (Wildman–Crippen LogP) is 0.590. The number of hydrogen-bond acceptors (Lipinski definition) is 3. The van der Waals surface area contributed by atoms with Crippen molar-refractivity contribution in [2.45, 2.75) is 25.4 Å². The minimum atomic E-state index is -0.593. The van der Waals surface area contributed by atoms with E-state index in [1.165, 1.54) is 0 Å². The Morgan fingerprint density at radius 3 is 2.67 bits per heavy atom. The molecule has 3 heterocycles. The van der Waals surface area contributed by atoms with Gasteiger partial charge in [-0.3, -0.25) is 14.2 Å². The van der Waals surface area contributed by atoms with Crippen LogP contribution in [-0.4, -0.2) is 23.6 Å². The first-order valence-corrected chi connectivity index (χ1v) is 6.39.